The molecule has 0 rings (SSSR count). The van der Waals surface area contributed by atoms with E-state index >= 15 is 0 Å². The molecule has 0 spiro atoms. The van der Waals surface area contributed by atoms with Gasteiger partial charge in [-0.25, -0.2) is 0 Å². The van der Waals surface area contributed by atoms with Gasteiger partial charge < -0.3 is 4.79 Å². The molecule has 2 heteroatoms. The van der Waals surface area contributed by atoms with Crippen LogP contribution in [-0.2, 0) is 31.0 Å². The molecule has 0 fully saturated rings. The predicted molar refractivity (Wildman–Crippen MR) is 16.4 cm³/mol. The number of hydrogen-bond donors (Lipinski definition) is 0. The van der Waals surface area contributed by atoms with Gasteiger partial charge in [0.25, 0.3) is 0 Å². The van der Waals surface area contributed by atoms with Crippen LogP contribution in [0.15, 0.2) is 0 Å². The number of ketones is 1. The average Bonchev–Trinajstić information content (AvgIpc) is 0.811. The van der Waals surface area contributed by atoms with Crippen LogP contribution >= 0.6 is 0 Å². The summed E-state index contributed by atoms with van der Waals surface area (Å²) in [6.45, 7) is 3.06. The van der Waals surface area contributed by atoms with Crippen LogP contribution in [0.4, 0.5) is 0 Å². The summed E-state index contributed by atoms with van der Waals surface area (Å²) in [7, 11) is 0. The molecular weight excluding hydrogens is 143 g/mol. The largest absolute Gasteiger partial charge is 0.300 e. The normalized spacial score (nSPS) is 5.20. The zero-order chi connectivity index (χ0) is 3.58. The maximum atomic E-state index is 9.44. The molecule has 0 atom stereocenters. The first-order chi connectivity index (χ1) is 1.73. The molecule has 0 aliphatic heterocycles. The minimum Gasteiger partial charge on any atom is -0.300 e. The first-order valence-corrected chi connectivity index (χ1v) is 1.20. The molecular formula is C3H6OZr. The Morgan fingerprint density at radius 3 is 1.40 bits per heavy atom. The molecule has 0 aromatic carbocycles. The summed E-state index contributed by atoms with van der Waals surface area (Å²) in [5, 5.41) is 0. The van der Waals surface area contributed by atoms with Crippen molar-refractivity contribution < 1.29 is 31.0 Å². The molecule has 1 nitrogen and oxygen atoms in total. The van der Waals surface area contributed by atoms with E-state index in [1.54, 1.807) is 0 Å². The monoisotopic (exact) mass is 148 g/mol. The molecule has 0 radical (unpaired) electrons. The minimum atomic E-state index is 0. The van der Waals surface area contributed by atoms with E-state index in [1.165, 1.54) is 13.8 Å². The van der Waals surface area contributed by atoms with Crippen LogP contribution in [0.25, 0.3) is 0 Å². The SMILES string of the molecule is CC(C)=O.[Zr]. The van der Waals surface area contributed by atoms with E-state index < -0.39 is 0 Å². The van der Waals surface area contributed by atoms with Crippen LogP contribution in [0.1, 0.15) is 13.8 Å². The Kier molecular flexibility index (Phi) is 8.30. The molecule has 0 saturated heterocycles. The number of Topliss-reactive ketones (excluding diaryl/α,β-unsaturated/α-hetero) is 1. The minimum absolute atomic E-state index is 0. The van der Waals surface area contributed by atoms with Crippen LogP contribution in [0.3, 0.4) is 0 Å². The van der Waals surface area contributed by atoms with E-state index in [0.717, 1.165) is 0 Å². The van der Waals surface area contributed by atoms with Gasteiger partial charge in [-0.15, -0.1) is 0 Å². The fraction of sp³-hybridized carbons (Fsp3) is 0.667. The quantitative estimate of drug-likeness (QED) is 0.493. The molecule has 0 unspecified atom stereocenters. The summed E-state index contributed by atoms with van der Waals surface area (Å²) < 4.78 is 0. The fourth-order valence-corrected chi connectivity index (χ4v) is 0. The fourth-order valence-electron chi connectivity index (χ4n) is 0. The maximum absolute atomic E-state index is 9.44. The Morgan fingerprint density at radius 2 is 1.40 bits per heavy atom. The maximum Gasteiger partial charge on any atom is 0.126 e. The molecule has 0 aliphatic rings. The van der Waals surface area contributed by atoms with E-state index in [9.17, 15) is 4.79 Å². The van der Waals surface area contributed by atoms with Crippen molar-refractivity contribution in [3.8, 4) is 0 Å². The molecule has 0 amide bonds. The Hall–Kier alpha value is 0.553. The number of hydrogen-bond acceptors (Lipinski definition) is 1. The molecule has 0 bridgehead atoms. The third-order valence-electron chi connectivity index (χ3n) is 0. The first-order valence-electron chi connectivity index (χ1n) is 1.20. The first kappa shape index (κ1) is 9.12. The van der Waals surface area contributed by atoms with Crippen LogP contribution < -0.4 is 0 Å². The Morgan fingerprint density at radius 1 is 1.40 bits per heavy atom. The van der Waals surface area contributed by atoms with Gasteiger partial charge in [0, 0.05) is 26.2 Å². The third kappa shape index (κ3) is 97.0. The average molecular weight is 149 g/mol. The van der Waals surface area contributed by atoms with Crippen molar-refractivity contribution in [1.82, 2.24) is 0 Å². The summed E-state index contributed by atoms with van der Waals surface area (Å²) in [6, 6.07) is 0. The van der Waals surface area contributed by atoms with E-state index in [0.29, 0.717) is 0 Å². The zero-order valence-electron chi connectivity index (χ0n) is 3.41. The van der Waals surface area contributed by atoms with Crippen molar-refractivity contribution in [2.75, 3.05) is 0 Å². The van der Waals surface area contributed by atoms with Gasteiger partial charge in [0.15, 0.2) is 0 Å². The van der Waals surface area contributed by atoms with Crippen LogP contribution in [-0.4, -0.2) is 5.78 Å². The zero-order valence-corrected chi connectivity index (χ0v) is 5.87. The van der Waals surface area contributed by atoms with Crippen molar-refractivity contribution in [2.45, 2.75) is 13.8 Å². The van der Waals surface area contributed by atoms with Gasteiger partial charge in [-0.1, -0.05) is 0 Å². The van der Waals surface area contributed by atoms with Crippen molar-refractivity contribution in [3.05, 3.63) is 0 Å². The van der Waals surface area contributed by atoms with E-state index in [-0.39, 0.29) is 32.0 Å². The molecule has 0 aromatic heterocycles. The van der Waals surface area contributed by atoms with E-state index in [4.69, 9.17) is 0 Å². The third-order valence-corrected chi connectivity index (χ3v) is 0. The Bertz CT molecular complexity index is 29.9. The molecule has 5 heavy (non-hydrogen) atoms. The van der Waals surface area contributed by atoms with Gasteiger partial charge in [-0.05, 0) is 13.8 Å². The van der Waals surface area contributed by atoms with Gasteiger partial charge in [-0.3, -0.25) is 0 Å². The number of rotatable bonds is 0. The summed E-state index contributed by atoms with van der Waals surface area (Å²) in [5.74, 6) is 0.167. The van der Waals surface area contributed by atoms with Gasteiger partial charge in [0.05, 0.1) is 0 Å². The summed E-state index contributed by atoms with van der Waals surface area (Å²) >= 11 is 0. The van der Waals surface area contributed by atoms with Gasteiger partial charge in [0.2, 0.25) is 0 Å². The summed E-state index contributed by atoms with van der Waals surface area (Å²) in [4.78, 5) is 9.44. The molecule has 0 aliphatic carbocycles. The van der Waals surface area contributed by atoms with Crippen molar-refractivity contribution in [3.63, 3.8) is 0 Å². The topological polar surface area (TPSA) is 17.1 Å². The summed E-state index contributed by atoms with van der Waals surface area (Å²) in [6.07, 6.45) is 0. The van der Waals surface area contributed by atoms with Gasteiger partial charge in [-0.2, -0.15) is 0 Å². The number of carbonyl (C=O) groups is 1. The Balaban J connectivity index is 0. The second-order valence-corrected chi connectivity index (χ2v) is 0.908. The predicted octanol–water partition coefficient (Wildman–Crippen LogP) is 0.593. The number of carbonyl (C=O) groups excluding carboxylic acids is 1. The molecule has 0 N–H and O–H groups in total. The van der Waals surface area contributed by atoms with Gasteiger partial charge >= 0.3 is 0 Å². The van der Waals surface area contributed by atoms with Crippen molar-refractivity contribution >= 4 is 5.78 Å². The van der Waals surface area contributed by atoms with Crippen LogP contribution in [0, 0.1) is 0 Å². The van der Waals surface area contributed by atoms with E-state index in [2.05, 4.69) is 0 Å². The van der Waals surface area contributed by atoms with Crippen LogP contribution in [0.2, 0.25) is 0 Å². The second kappa shape index (κ2) is 4.55. The van der Waals surface area contributed by atoms with E-state index in [1.807, 2.05) is 0 Å². The molecule has 28 valence electrons. The Labute approximate surface area is 50.9 Å². The second-order valence-electron chi connectivity index (χ2n) is 0.908. The molecule has 0 aromatic rings. The standard InChI is InChI=1S/C3H6O.Zr/c1-3(2)4;/h1-2H3;. The van der Waals surface area contributed by atoms with Crippen molar-refractivity contribution in [2.24, 2.45) is 0 Å². The van der Waals surface area contributed by atoms with Gasteiger partial charge in [0.1, 0.15) is 5.78 Å². The molecule has 0 saturated carbocycles. The van der Waals surface area contributed by atoms with Crippen molar-refractivity contribution in [1.29, 1.82) is 0 Å². The van der Waals surface area contributed by atoms with Crippen LogP contribution in [0.5, 0.6) is 0 Å². The molecule has 0 heterocycles. The summed E-state index contributed by atoms with van der Waals surface area (Å²) in [5.41, 5.74) is 0. The smallest absolute Gasteiger partial charge is 0.126 e.